The van der Waals surface area contributed by atoms with Gasteiger partial charge in [0.05, 0.1) is 18.2 Å². The first kappa shape index (κ1) is 11.8. The minimum Gasteiger partial charge on any atom is -0.381 e. The Balaban J connectivity index is 2.28. The predicted octanol–water partition coefficient (Wildman–Crippen LogP) is 2.69. The second-order valence-electron chi connectivity index (χ2n) is 3.48. The van der Waals surface area contributed by atoms with Crippen LogP contribution in [0.3, 0.4) is 0 Å². The largest absolute Gasteiger partial charge is 0.381 e. The maximum atomic E-state index is 8.72. The van der Waals surface area contributed by atoms with E-state index in [9.17, 15) is 0 Å². The lowest BCUT2D eigenvalue weighted by Gasteiger charge is -2.04. The van der Waals surface area contributed by atoms with Crippen molar-refractivity contribution in [1.82, 2.24) is 9.78 Å². The number of nitrogen functional groups attached to an aromatic ring is 1. The maximum Gasteiger partial charge on any atom is 0.164 e. The highest BCUT2D eigenvalue weighted by molar-refractivity contribution is 6.32. The molecule has 2 rings (SSSR count). The van der Waals surface area contributed by atoms with Crippen LogP contribution < -0.4 is 5.73 Å². The summed E-state index contributed by atoms with van der Waals surface area (Å²) in [6.07, 6.45) is 1.63. The van der Waals surface area contributed by atoms with Gasteiger partial charge in [0.2, 0.25) is 0 Å². The Labute approximate surface area is 108 Å². The molecule has 6 heteroatoms. The second-order valence-corrected chi connectivity index (χ2v) is 4.29. The van der Waals surface area contributed by atoms with Crippen LogP contribution in [-0.4, -0.2) is 9.78 Å². The van der Waals surface area contributed by atoms with Gasteiger partial charge in [-0.3, -0.25) is 4.68 Å². The third kappa shape index (κ3) is 2.52. The van der Waals surface area contributed by atoms with Crippen LogP contribution in [0.4, 0.5) is 5.82 Å². The van der Waals surface area contributed by atoms with E-state index in [0.29, 0.717) is 22.2 Å². The molecule has 17 heavy (non-hydrogen) atoms. The first-order valence-corrected chi connectivity index (χ1v) is 5.52. The van der Waals surface area contributed by atoms with Gasteiger partial charge in [-0.15, -0.1) is 0 Å². The lowest BCUT2D eigenvalue weighted by atomic mass is 10.1. The molecule has 0 radical (unpaired) electrons. The van der Waals surface area contributed by atoms with E-state index < -0.39 is 0 Å². The molecule has 0 saturated heterocycles. The van der Waals surface area contributed by atoms with Crippen LogP contribution in [0.25, 0.3) is 0 Å². The SMILES string of the molecule is N#Cc1ccc(Cn2cc(Cl)c(N)n2)c(Cl)c1. The van der Waals surface area contributed by atoms with Gasteiger partial charge >= 0.3 is 0 Å². The van der Waals surface area contributed by atoms with E-state index in [2.05, 4.69) is 5.10 Å². The van der Waals surface area contributed by atoms with E-state index in [1.807, 2.05) is 6.07 Å². The number of nitriles is 1. The highest BCUT2D eigenvalue weighted by Crippen LogP contribution is 2.21. The van der Waals surface area contributed by atoms with Crippen molar-refractivity contribution in [3.63, 3.8) is 0 Å². The van der Waals surface area contributed by atoms with Crippen molar-refractivity contribution in [1.29, 1.82) is 5.26 Å². The lowest BCUT2D eigenvalue weighted by Crippen LogP contribution is -2.01. The molecule has 2 aromatic rings. The van der Waals surface area contributed by atoms with Crippen LogP contribution in [0.1, 0.15) is 11.1 Å². The molecule has 0 aliphatic carbocycles. The normalized spacial score (nSPS) is 10.2. The molecule has 2 N–H and O–H groups in total. The van der Waals surface area contributed by atoms with E-state index in [1.54, 1.807) is 29.1 Å². The van der Waals surface area contributed by atoms with Gasteiger partial charge < -0.3 is 5.73 Å². The van der Waals surface area contributed by atoms with Crippen molar-refractivity contribution in [2.45, 2.75) is 6.54 Å². The first-order chi connectivity index (χ1) is 8.10. The van der Waals surface area contributed by atoms with Crippen LogP contribution >= 0.6 is 23.2 Å². The number of halogens is 2. The van der Waals surface area contributed by atoms with Gasteiger partial charge in [0.1, 0.15) is 5.02 Å². The number of hydrogen-bond donors (Lipinski definition) is 1. The highest BCUT2D eigenvalue weighted by atomic mass is 35.5. The van der Waals surface area contributed by atoms with Crippen LogP contribution in [0.15, 0.2) is 24.4 Å². The van der Waals surface area contributed by atoms with Crippen LogP contribution in [-0.2, 0) is 6.54 Å². The van der Waals surface area contributed by atoms with E-state index in [-0.39, 0.29) is 5.82 Å². The van der Waals surface area contributed by atoms with Gasteiger partial charge in [-0.05, 0) is 17.7 Å². The average Bonchev–Trinajstić information content (AvgIpc) is 2.61. The maximum absolute atomic E-state index is 8.72. The number of hydrogen-bond acceptors (Lipinski definition) is 3. The minimum atomic E-state index is 0.288. The molecule has 1 aromatic heterocycles. The Morgan fingerprint density at radius 1 is 1.35 bits per heavy atom. The summed E-state index contributed by atoms with van der Waals surface area (Å²) in [5.41, 5.74) is 6.91. The van der Waals surface area contributed by atoms with Crippen molar-refractivity contribution in [2.24, 2.45) is 0 Å². The fourth-order valence-electron chi connectivity index (χ4n) is 1.41. The quantitative estimate of drug-likeness (QED) is 0.909. The molecular formula is C11H8Cl2N4. The topological polar surface area (TPSA) is 67.6 Å². The summed E-state index contributed by atoms with van der Waals surface area (Å²) in [4.78, 5) is 0. The third-order valence-corrected chi connectivity index (χ3v) is 2.90. The number of benzene rings is 1. The zero-order valence-electron chi connectivity index (χ0n) is 8.69. The number of nitrogens with two attached hydrogens (primary N) is 1. The standard InChI is InChI=1S/C11H8Cl2N4/c12-9-3-7(4-14)1-2-8(9)5-17-6-10(13)11(15)16-17/h1-3,6H,5H2,(H2,15,16). The third-order valence-electron chi connectivity index (χ3n) is 2.26. The Bertz CT molecular complexity index is 579. The van der Waals surface area contributed by atoms with Crippen molar-refractivity contribution in [3.8, 4) is 6.07 Å². The Morgan fingerprint density at radius 3 is 2.65 bits per heavy atom. The highest BCUT2D eigenvalue weighted by Gasteiger charge is 2.06. The molecule has 0 atom stereocenters. The van der Waals surface area contributed by atoms with Gasteiger partial charge in [-0.25, -0.2) is 0 Å². The Morgan fingerprint density at radius 2 is 2.12 bits per heavy atom. The van der Waals surface area contributed by atoms with Gasteiger partial charge in [-0.1, -0.05) is 29.3 Å². The molecule has 0 aliphatic rings. The predicted molar refractivity (Wildman–Crippen MR) is 66.9 cm³/mol. The van der Waals surface area contributed by atoms with Gasteiger partial charge in [0.15, 0.2) is 5.82 Å². The summed E-state index contributed by atoms with van der Waals surface area (Å²) >= 11 is 11.8. The lowest BCUT2D eigenvalue weighted by molar-refractivity contribution is 0.690. The molecule has 0 spiro atoms. The molecule has 0 fully saturated rings. The fourth-order valence-corrected chi connectivity index (χ4v) is 1.80. The monoisotopic (exact) mass is 266 g/mol. The number of rotatable bonds is 2. The summed E-state index contributed by atoms with van der Waals surface area (Å²) in [5.74, 6) is 0.288. The van der Waals surface area contributed by atoms with Crippen molar-refractivity contribution in [2.75, 3.05) is 5.73 Å². The first-order valence-electron chi connectivity index (χ1n) is 4.77. The number of nitrogens with zero attached hydrogens (tertiary/aromatic N) is 3. The Kier molecular flexibility index (Phi) is 3.23. The van der Waals surface area contributed by atoms with Crippen molar-refractivity contribution < 1.29 is 0 Å². The zero-order valence-corrected chi connectivity index (χ0v) is 10.2. The molecule has 86 valence electrons. The molecule has 0 aliphatic heterocycles. The molecule has 0 amide bonds. The fraction of sp³-hybridized carbons (Fsp3) is 0.0909. The smallest absolute Gasteiger partial charge is 0.164 e. The molecule has 0 saturated carbocycles. The average molecular weight is 267 g/mol. The Hall–Kier alpha value is -1.70. The summed E-state index contributed by atoms with van der Waals surface area (Å²) in [6.45, 7) is 0.460. The van der Waals surface area contributed by atoms with E-state index in [4.69, 9.17) is 34.2 Å². The number of anilines is 1. The summed E-state index contributed by atoms with van der Waals surface area (Å²) in [6, 6.07) is 7.13. The number of aromatic nitrogens is 2. The van der Waals surface area contributed by atoms with E-state index >= 15 is 0 Å². The van der Waals surface area contributed by atoms with Crippen LogP contribution in [0, 0.1) is 11.3 Å². The molecule has 1 aromatic carbocycles. The molecule has 0 bridgehead atoms. The zero-order chi connectivity index (χ0) is 12.4. The summed E-state index contributed by atoms with van der Waals surface area (Å²) in [7, 11) is 0. The molecule has 0 unspecified atom stereocenters. The minimum absolute atomic E-state index is 0.288. The molecular weight excluding hydrogens is 259 g/mol. The van der Waals surface area contributed by atoms with E-state index in [0.717, 1.165) is 5.56 Å². The summed E-state index contributed by atoms with van der Waals surface area (Å²) < 4.78 is 1.60. The van der Waals surface area contributed by atoms with E-state index in [1.165, 1.54) is 0 Å². The molecule has 4 nitrogen and oxygen atoms in total. The summed E-state index contributed by atoms with van der Waals surface area (Å²) in [5, 5.41) is 13.7. The second kappa shape index (κ2) is 4.66. The van der Waals surface area contributed by atoms with Crippen molar-refractivity contribution in [3.05, 3.63) is 45.6 Å². The molecule has 1 heterocycles. The van der Waals surface area contributed by atoms with Crippen LogP contribution in [0.5, 0.6) is 0 Å². The van der Waals surface area contributed by atoms with Crippen LogP contribution in [0.2, 0.25) is 10.0 Å². The van der Waals surface area contributed by atoms with Gasteiger partial charge in [-0.2, -0.15) is 10.4 Å². The van der Waals surface area contributed by atoms with Crippen molar-refractivity contribution >= 4 is 29.0 Å². The van der Waals surface area contributed by atoms with Gasteiger partial charge in [0, 0.05) is 11.2 Å². The van der Waals surface area contributed by atoms with Gasteiger partial charge in [0.25, 0.3) is 0 Å².